The molecule has 0 radical (unpaired) electrons. The number of nitrogens with one attached hydrogen (secondary N) is 1. The summed E-state index contributed by atoms with van der Waals surface area (Å²) < 4.78 is 5.38. The molecule has 1 atom stereocenters. The summed E-state index contributed by atoms with van der Waals surface area (Å²) in [7, 11) is 1.68. The van der Waals surface area contributed by atoms with Crippen molar-refractivity contribution in [3.8, 4) is 5.75 Å². The predicted octanol–water partition coefficient (Wildman–Crippen LogP) is 3.67. The van der Waals surface area contributed by atoms with E-state index in [1.165, 1.54) is 5.56 Å². The summed E-state index contributed by atoms with van der Waals surface area (Å²) in [5, 5.41) is 13.2. The normalized spacial score (nSPS) is 12.0. The number of para-hydroxylation sites is 1. The van der Waals surface area contributed by atoms with Crippen molar-refractivity contribution < 1.29 is 9.84 Å². The average Bonchev–Trinajstić information content (AvgIpc) is 2.45. The lowest BCUT2D eigenvalue weighted by Crippen LogP contribution is -2.05. The van der Waals surface area contributed by atoms with E-state index < -0.39 is 6.10 Å². The first-order valence-electron chi connectivity index (χ1n) is 6.76. The molecule has 0 bridgehead atoms. The van der Waals surface area contributed by atoms with Crippen LogP contribution in [0.1, 0.15) is 29.7 Å². The Morgan fingerprint density at radius 2 is 1.95 bits per heavy atom. The summed E-state index contributed by atoms with van der Waals surface area (Å²) in [4.78, 5) is 0. The Morgan fingerprint density at radius 3 is 2.65 bits per heavy atom. The molecule has 0 spiro atoms. The van der Waals surface area contributed by atoms with E-state index in [4.69, 9.17) is 4.74 Å². The Kier molecular flexibility index (Phi) is 4.64. The van der Waals surface area contributed by atoms with Gasteiger partial charge in [-0.25, -0.2) is 0 Å². The maximum atomic E-state index is 9.78. The van der Waals surface area contributed by atoms with Gasteiger partial charge < -0.3 is 15.2 Å². The second-order valence-electron chi connectivity index (χ2n) is 4.93. The highest BCUT2D eigenvalue weighted by Gasteiger charge is 2.08. The molecule has 3 nitrogen and oxygen atoms in total. The SMILES string of the molecule is COc1ccc(C)cc1CNc1ccccc1C(C)O. The van der Waals surface area contributed by atoms with E-state index in [9.17, 15) is 5.11 Å². The van der Waals surface area contributed by atoms with Crippen LogP contribution in [0.2, 0.25) is 0 Å². The van der Waals surface area contributed by atoms with Crippen molar-refractivity contribution >= 4 is 5.69 Å². The van der Waals surface area contributed by atoms with Gasteiger partial charge in [0, 0.05) is 23.4 Å². The molecule has 0 aliphatic rings. The molecule has 0 heterocycles. The van der Waals surface area contributed by atoms with E-state index in [2.05, 4.69) is 18.3 Å². The van der Waals surface area contributed by atoms with Crippen LogP contribution in [0.5, 0.6) is 5.75 Å². The zero-order valence-corrected chi connectivity index (χ0v) is 12.2. The molecule has 106 valence electrons. The summed E-state index contributed by atoms with van der Waals surface area (Å²) >= 11 is 0. The number of rotatable bonds is 5. The third-order valence-corrected chi connectivity index (χ3v) is 3.32. The van der Waals surface area contributed by atoms with Crippen LogP contribution in [0.3, 0.4) is 0 Å². The van der Waals surface area contributed by atoms with Crippen LogP contribution >= 0.6 is 0 Å². The van der Waals surface area contributed by atoms with E-state index >= 15 is 0 Å². The topological polar surface area (TPSA) is 41.5 Å². The van der Waals surface area contributed by atoms with E-state index in [-0.39, 0.29) is 0 Å². The summed E-state index contributed by atoms with van der Waals surface area (Å²) in [5.74, 6) is 0.873. The minimum Gasteiger partial charge on any atom is -0.496 e. The lowest BCUT2D eigenvalue weighted by Gasteiger charge is -2.15. The van der Waals surface area contributed by atoms with Gasteiger partial charge in [0.15, 0.2) is 0 Å². The van der Waals surface area contributed by atoms with Crippen LogP contribution in [0.25, 0.3) is 0 Å². The smallest absolute Gasteiger partial charge is 0.123 e. The fourth-order valence-electron chi connectivity index (χ4n) is 2.26. The van der Waals surface area contributed by atoms with Crippen LogP contribution in [0.4, 0.5) is 5.69 Å². The molecule has 0 saturated heterocycles. The lowest BCUT2D eigenvalue weighted by atomic mass is 10.1. The largest absolute Gasteiger partial charge is 0.496 e. The minimum absolute atomic E-state index is 0.488. The molecule has 0 aliphatic heterocycles. The Bertz CT molecular complexity index is 579. The first-order chi connectivity index (χ1) is 9.61. The van der Waals surface area contributed by atoms with E-state index in [0.717, 1.165) is 22.6 Å². The number of benzene rings is 2. The van der Waals surface area contributed by atoms with Gasteiger partial charge in [-0.3, -0.25) is 0 Å². The molecule has 2 aromatic carbocycles. The molecule has 2 rings (SSSR count). The van der Waals surface area contributed by atoms with Crippen LogP contribution in [0, 0.1) is 6.92 Å². The van der Waals surface area contributed by atoms with Gasteiger partial charge in [-0.2, -0.15) is 0 Å². The van der Waals surface area contributed by atoms with Gasteiger partial charge >= 0.3 is 0 Å². The third-order valence-electron chi connectivity index (χ3n) is 3.32. The summed E-state index contributed by atoms with van der Waals surface area (Å²) in [6, 6.07) is 13.9. The van der Waals surface area contributed by atoms with Crippen LogP contribution in [0.15, 0.2) is 42.5 Å². The molecule has 0 aliphatic carbocycles. The Labute approximate surface area is 120 Å². The zero-order chi connectivity index (χ0) is 14.5. The number of anilines is 1. The van der Waals surface area contributed by atoms with Gasteiger partial charge in [0.25, 0.3) is 0 Å². The summed E-state index contributed by atoms with van der Waals surface area (Å²) in [6.07, 6.45) is -0.488. The number of hydrogen-bond donors (Lipinski definition) is 2. The summed E-state index contributed by atoms with van der Waals surface area (Å²) in [5.41, 5.74) is 4.16. The molecule has 2 aromatic rings. The predicted molar refractivity (Wildman–Crippen MR) is 82.1 cm³/mol. The van der Waals surface area contributed by atoms with Gasteiger partial charge in [0.05, 0.1) is 13.2 Å². The van der Waals surface area contributed by atoms with Crippen molar-refractivity contribution in [2.75, 3.05) is 12.4 Å². The minimum atomic E-state index is -0.488. The van der Waals surface area contributed by atoms with Gasteiger partial charge in [-0.05, 0) is 26.0 Å². The number of hydrogen-bond acceptors (Lipinski definition) is 3. The highest BCUT2D eigenvalue weighted by Crippen LogP contribution is 2.25. The molecular weight excluding hydrogens is 250 g/mol. The number of methoxy groups -OCH3 is 1. The first kappa shape index (κ1) is 14.4. The molecular formula is C17H21NO2. The van der Waals surface area contributed by atoms with Crippen LogP contribution in [-0.2, 0) is 6.54 Å². The number of ether oxygens (including phenoxy) is 1. The number of aliphatic hydroxyl groups is 1. The quantitative estimate of drug-likeness (QED) is 0.872. The first-order valence-corrected chi connectivity index (χ1v) is 6.76. The average molecular weight is 271 g/mol. The monoisotopic (exact) mass is 271 g/mol. The van der Waals surface area contributed by atoms with E-state index in [1.807, 2.05) is 36.4 Å². The number of aryl methyl sites for hydroxylation is 1. The second-order valence-corrected chi connectivity index (χ2v) is 4.93. The summed E-state index contributed by atoms with van der Waals surface area (Å²) in [6.45, 7) is 4.50. The highest BCUT2D eigenvalue weighted by molar-refractivity contribution is 5.53. The van der Waals surface area contributed by atoms with Crippen molar-refractivity contribution in [3.05, 3.63) is 59.2 Å². The number of aliphatic hydroxyl groups excluding tert-OH is 1. The maximum absolute atomic E-state index is 9.78. The molecule has 3 heteroatoms. The van der Waals surface area contributed by atoms with Gasteiger partial charge in [-0.15, -0.1) is 0 Å². The maximum Gasteiger partial charge on any atom is 0.123 e. The molecule has 0 fully saturated rings. The van der Waals surface area contributed by atoms with Crippen LogP contribution < -0.4 is 10.1 Å². The molecule has 0 saturated carbocycles. The molecule has 0 amide bonds. The highest BCUT2D eigenvalue weighted by atomic mass is 16.5. The standard InChI is InChI=1S/C17H21NO2/c1-12-8-9-17(20-3)14(10-12)11-18-16-7-5-4-6-15(16)13(2)19/h4-10,13,18-19H,11H2,1-3H3. The van der Waals surface area contributed by atoms with Gasteiger partial charge in [-0.1, -0.05) is 35.9 Å². The second kappa shape index (κ2) is 6.44. The van der Waals surface area contributed by atoms with Crippen molar-refractivity contribution in [2.24, 2.45) is 0 Å². The van der Waals surface area contributed by atoms with Crippen molar-refractivity contribution in [1.29, 1.82) is 0 Å². The Balaban J connectivity index is 2.19. The van der Waals surface area contributed by atoms with Crippen molar-refractivity contribution in [3.63, 3.8) is 0 Å². The van der Waals surface area contributed by atoms with E-state index in [1.54, 1.807) is 14.0 Å². The Morgan fingerprint density at radius 1 is 1.20 bits per heavy atom. The molecule has 2 N–H and O–H groups in total. The molecule has 0 aromatic heterocycles. The fraction of sp³-hybridized carbons (Fsp3) is 0.294. The lowest BCUT2D eigenvalue weighted by molar-refractivity contribution is 0.200. The molecule has 1 unspecified atom stereocenters. The van der Waals surface area contributed by atoms with Gasteiger partial charge in [0.1, 0.15) is 5.75 Å². The zero-order valence-electron chi connectivity index (χ0n) is 12.2. The van der Waals surface area contributed by atoms with Crippen LogP contribution in [-0.4, -0.2) is 12.2 Å². The third kappa shape index (κ3) is 3.31. The molecule has 20 heavy (non-hydrogen) atoms. The fourth-order valence-corrected chi connectivity index (χ4v) is 2.26. The van der Waals surface area contributed by atoms with Gasteiger partial charge in [0.2, 0.25) is 0 Å². The Hall–Kier alpha value is -2.00. The van der Waals surface area contributed by atoms with Crippen molar-refractivity contribution in [1.82, 2.24) is 0 Å². The van der Waals surface area contributed by atoms with E-state index in [0.29, 0.717) is 6.54 Å². The van der Waals surface area contributed by atoms with Crippen molar-refractivity contribution in [2.45, 2.75) is 26.5 Å².